The first kappa shape index (κ1) is 17.1. The second kappa shape index (κ2) is 7.49. The lowest BCUT2D eigenvalue weighted by Gasteiger charge is -2.18. The molecule has 1 aromatic heterocycles. The van der Waals surface area contributed by atoms with Crippen molar-refractivity contribution in [3.05, 3.63) is 64.7 Å². The molecule has 1 aliphatic rings. The highest BCUT2D eigenvalue weighted by atomic mass is 16.6. The molecule has 7 nitrogen and oxygen atoms in total. The predicted molar refractivity (Wildman–Crippen MR) is 100 cm³/mol. The summed E-state index contributed by atoms with van der Waals surface area (Å²) in [6.45, 7) is 1.51. The molecule has 1 amide bonds. The van der Waals surface area contributed by atoms with Gasteiger partial charge < -0.3 is 14.8 Å². The zero-order chi connectivity index (χ0) is 18.6. The molecule has 0 bridgehead atoms. The number of para-hydroxylation sites is 1. The van der Waals surface area contributed by atoms with Crippen LogP contribution in [0.1, 0.15) is 5.56 Å². The molecule has 0 saturated carbocycles. The minimum atomic E-state index is -0.230. The second-order valence-electron chi connectivity index (χ2n) is 6.27. The van der Waals surface area contributed by atoms with Crippen LogP contribution in [-0.4, -0.2) is 35.2 Å². The van der Waals surface area contributed by atoms with Gasteiger partial charge in [0.15, 0.2) is 11.5 Å². The van der Waals surface area contributed by atoms with Gasteiger partial charge in [-0.1, -0.05) is 18.2 Å². The van der Waals surface area contributed by atoms with E-state index in [0.717, 1.165) is 17.1 Å². The highest BCUT2D eigenvalue weighted by Gasteiger charge is 2.12. The zero-order valence-electron chi connectivity index (χ0n) is 14.7. The lowest BCUT2D eigenvalue weighted by Crippen LogP contribution is -2.33. The lowest BCUT2D eigenvalue weighted by molar-refractivity contribution is -0.121. The fourth-order valence-corrected chi connectivity index (χ4v) is 3.02. The van der Waals surface area contributed by atoms with Gasteiger partial charge in [-0.3, -0.25) is 14.2 Å². The molecule has 0 atom stereocenters. The van der Waals surface area contributed by atoms with Gasteiger partial charge in [-0.2, -0.15) is 0 Å². The number of hydrogen-bond acceptors (Lipinski definition) is 5. The normalized spacial score (nSPS) is 12.7. The Kier molecular flexibility index (Phi) is 4.74. The van der Waals surface area contributed by atoms with E-state index in [-0.39, 0.29) is 18.0 Å². The van der Waals surface area contributed by atoms with E-state index in [1.807, 2.05) is 24.3 Å². The van der Waals surface area contributed by atoms with E-state index >= 15 is 0 Å². The molecule has 0 saturated heterocycles. The third-order valence-corrected chi connectivity index (χ3v) is 4.39. The molecule has 7 heteroatoms. The number of fused-ring (bicyclic) bond motifs is 2. The van der Waals surface area contributed by atoms with Crippen molar-refractivity contribution in [2.24, 2.45) is 0 Å². The molecule has 0 spiro atoms. The minimum absolute atomic E-state index is 0.0577. The maximum absolute atomic E-state index is 12.4. The summed E-state index contributed by atoms with van der Waals surface area (Å²) in [5, 5.41) is 3.34. The van der Waals surface area contributed by atoms with Crippen molar-refractivity contribution in [1.29, 1.82) is 0 Å². The fraction of sp³-hybridized carbons (Fsp3) is 0.250. The van der Waals surface area contributed by atoms with Crippen molar-refractivity contribution in [2.45, 2.75) is 13.0 Å². The first-order valence-electron chi connectivity index (χ1n) is 8.80. The van der Waals surface area contributed by atoms with E-state index in [1.165, 1.54) is 10.9 Å². The molecular formula is C20H19N3O4. The molecule has 27 heavy (non-hydrogen) atoms. The topological polar surface area (TPSA) is 82.5 Å². The highest BCUT2D eigenvalue weighted by Crippen LogP contribution is 2.30. The van der Waals surface area contributed by atoms with Gasteiger partial charge in [0.2, 0.25) is 5.91 Å². The molecule has 0 radical (unpaired) electrons. The Morgan fingerprint density at radius 3 is 2.81 bits per heavy atom. The van der Waals surface area contributed by atoms with Gasteiger partial charge in [0.05, 0.1) is 17.2 Å². The van der Waals surface area contributed by atoms with E-state index in [1.54, 1.807) is 18.2 Å². The van der Waals surface area contributed by atoms with Crippen molar-refractivity contribution in [3.63, 3.8) is 0 Å². The third-order valence-electron chi connectivity index (χ3n) is 4.39. The molecule has 0 aliphatic carbocycles. The van der Waals surface area contributed by atoms with Crippen LogP contribution >= 0.6 is 0 Å². The van der Waals surface area contributed by atoms with Crippen LogP contribution in [-0.2, 0) is 17.8 Å². The predicted octanol–water partition coefficient (Wildman–Crippen LogP) is 1.53. The van der Waals surface area contributed by atoms with Gasteiger partial charge in [-0.05, 0) is 36.2 Å². The van der Waals surface area contributed by atoms with Crippen LogP contribution in [0.2, 0.25) is 0 Å². The van der Waals surface area contributed by atoms with Crippen LogP contribution in [0.3, 0.4) is 0 Å². The first-order valence-corrected chi connectivity index (χ1v) is 8.80. The fourth-order valence-electron chi connectivity index (χ4n) is 3.02. The summed E-state index contributed by atoms with van der Waals surface area (Å²) in [6.07, 6.45) is 2.07. The number of benzene rings is 2. The monoisotopic (exact) mass is 365 g/mol. The van der Waals surface area contributed by atoms with Crippen molar-refractivity contribution in [3.8, 4) is 11.5 Å². The summed E-state index contributed by atoms with van der Waals surface area (Å²) >= 11 is 0. The molecule has 0 unspecified atom stereocenters. The van der Waals surface area contributed by atoms with E-state index in [2.05, 4.69) is 10.3 Å². The molecule has 2 heterocycles. The molecule has 2 aromatic carbocycles. The molecule has 3 aromatic rings. The molecule has 1 N–H and O–H groups in total. The van der Waals surface area contributed by atoms with Gasteiger partial charge >= 0.3 is 0 Å². The number of hydrogen-bond donors (Lipinski definition) is 1. The van der Waals surface area contributed by atoms with Gasteiger partial charge in [0, 0.05) is 6.54 Å². The average molecular weight is 365 g/mol. The molecule has 0 fully saturated rings. The van der Waals surface area contributed by atoms with Crippen molar-refractivity contribution < 1.29 is 14.3 Å². The van der Waals surface area contributed by atoms with Crippen LogP contribution in [0.25, 0.3) is 10.9 Å². The number of nitrogens with one attached hydrogen (secondary N) is 1. The van der Waals surface area contributed by atoms with Crippen LogP contribution in [0, 0.1) is 0 Å². The van der Waals surface area contributed by atoms with Crippen molar-refractivity contribution >= 4 is 16.8 Å². The summed E-state index contributed by atoms with van der Waals surface area (Å²) in [6, 6.07) is 12.9. The Morgan fingerprint density at radius 2 is 1.93 bits per heavy atom. The maximum Gasteiger partial charge on any atom is 0.261 e. The Bertz CT molecular complexity index is 1040. The number of rotatable bonds is 5. The van der Waals surface area contributed by atoms with Crippen LogP contribution in [0.15, 0.2) is 53.6 Å². The largest absolute Gasteiger partial charge is 0.486 e. The number of amides is 1. The van der Waals surface area contributed by atoms with Crippen LogP contribution in [0.5, 0.6) is 11.5 Å². The Hall–Kier alpha value is -3.35. The second-order valence-corrected chi connectivity index (χ2v) is 6.27. The molecule has 138 valence electrons. The summed E-state index contributed by atoms with van der Waals surface area (Å²) in [5.41, 5.74) is 1.45. The van der Waals surface area contributed by atoms with Crippen molar-refractivity contribution in [2.75, 3.05) is 19.8 Å². The number of nitrogens with zero attached hydrogens (tertiary/aromatic N) is 2. The lowest BCUT2D eigenvalue weighted by atomic mass is 10.1. The Morgan fingerprint density at radius 1 is 1.11 bits per heavy atom. The maximum atomic E-state index is 12.4. The smallest absolute Gasteiger partial charge is 0.261 e. The third kappa shape index (κ3) is 3.76. The quantitative estimate of drug-likeness (QED) is 0.741. The number of carbonyl (C=O) groups is 1. The molecule has 4 rings (SSSR count). The standard InChI is InChI=1S/C20H19N3O4/c24-19(12-23-13-22-16-4-2-1-3-15(16)20(23)25)21-8-7-14-5-6-17-18(11-14)27-10-9-26-17/h1-6,11,13H,7-10,12H2,(H,21,24). The van der Waals surface area contributed by atoms with Gasteiger partial charge in [-0.15, -0.1) is 0 Å². The molecule has 1 aliphatic heterocycles. The number of ether oxygens (including phenoxy) is 2. The Labute approximate surface area is 155 Å². The minimum Gasteiger partial charge on any atom is -0.486 e. The molecular weight excluding hydrogens is 346 g/mol. The Balaban J connectivity index is 1.35. The number of aromatic nitrogens is 2. The summed E-state index contributed by atoms with van der Waals surface area (Å²) < 4.78 is 12.4. The number of carbonyl (C=O) groups excluding carboxylic acids is 1. The van der Waals surface area contributed by atoms with Gasteiger partial charge in [-0.25, -0.2) is 4.98 Å². The van der Waals surface area contributed by atoms with Gasteiger partial charge in [0.1, 0.15) is 19.8 Å². The van der Waals surface area contributed by atoms with E-state index < -0.39 is 0 Å². The first-order chi connectivity index (χ1) is 13.2. The van der Waals surface area contributed by atoms with E-state index in [9.17, 15) is 9.59 Å². The summed E-state index contributed by atoms with van der Waals surface area (Å²) in [5.74, 6) is 1.25. The average Bonchev–Trinajstić information content (AvgIpc) is 2.70. The van der Waals surface area contributed by atoms with Gasteiger partial charge in [0.25, 0.3) is 5.56 Å². The van der Waals surface area contributed by atoms with Crippen LogP contribution in [0.4, 0.5) is 0 Å². The van der Waals surface area contributed by atoms with E-state index in [4.69, 9.17) is 9.47 Å². The SMILES string of the molecule is O=C(Cn1cnc2ccccc2c1=O)NCCc1ccc2c(c1)OCCO2. The van der Waals surface area contributed by atoms with Crippen LogP contribution < -0.4 is 20.3 Å². The van der Waals surface area contributed by atoms with Crippen molar-refractivity contribution in [1.82, 2.24) is 14.9 Å². The highest BCUT2D eigenvalue weighted by molar-refractivity contribution is 5.78. The zero-order valence-corrected chi connectivity index (χ0v) is 14.7. The van der Waals surface area contributed by atoms with E-state index in [0.29, 0.717) is 37.1 Å². The summed E-state index contributed by atoms with van der Waals surface area (Å²) in [7, 11) is 0. The summed E-state index contributed by atoms with van der Waals surface area (Å²) in [4.78, 5) is 28.8.